The smallest absolute Gasteiger partial charge is 0.462 e. The molecule has 5 N–H and O–H groups in total. The van der Waals surface area contributed by atoms with Crippen LogP contribution in [-0.2, 0) is 61.4 Å². The number of aliphatic hydroxyl groups is 3. The number of nitrogens with zero attached hydrogens (tertiary/aromatic N) is 2. The number of amides is 2. The molecule has 0 bridgehead atoms. The summed E-state index contributed by atoms with van der Waals surface area (Å²) in [4.78, 5) is 72.5. The summed E-state index contributed by atoms with van der Waals surface area (Å²) in [5, 5.41) is 33.8. The summed E-state index contributed by atoms with van der Waals surface area (Å²) in [5.74, 6) is -17.3. The molecular formula is C52H61F7N4O19P2. The maximum Gasteiger partial charge on any atom is 0.513 e. The number of esters is 2. The summed E-state index contributed by atoms with van der Waals surface area (Å²) < 4.78 is 166. The van der Waals surface area contributed by atoms with Gasteiger partial charge in [-0.15, -0.1) is 0 Å². The zero-order chi connectivity index (χ0) is 62.8. The van der Waals surface area contributed by atoms with Gasteiger partial charge < -0.3 is 47.8 Å². The van der Waals surface area contributed by atoms with Crippen molar-refractivity contribution in [1.29, 1.82) is 0 Å². The summed E-state index contributed by atoms with van der Waals surface area (Å²) in [7, 11) is -9.20. The number of nitrogens with one attached hydrogen (secondary N) is 2. The van der Waals surface area contributed by atoms with Crippen LogP contribution < -0.4 is 23.7 Å². The molecule has 84 heavy (non-hydrogen) atoms. The molecule has 32 heteroatoms. The van der Waals surface area contributed by atoms with Gasteiger partial charge in [0.1, 0.15) is 48.0 Å². The normalized spacial score (nSPS) is 26.1. The van der Waals surface area contributed by atoms with E-state index in [0.29, 0.717) is 0 Å². The number of alkyl halides is 2. The number of benzene rings is 3. The lowest BCUT2D eigenvalue weighted by molar-refractivity contribution is -0.152. The molecule has 4 aliphatic rings. The van der Waals surface area contributed by atoms with E-state index in [1.807, 2.05) is 0 Å². The summed E-state index contributed by atoms with van der Waals surface area (Å²) >= 11 is 0. The lowest BCUT2D eigenvalue weighted by atomic mass is 9.97. The first-order valence-electron chi connectivity index (χ1n) is 25.4. The van der Waals surface area contributed by atoms with Crippen LogP contribution >= 0.6 is 15.5 Å². The van der Waals surface area contributed by atoms with Crippen molar-refractivity contribution in [2.24, 2.45) is 0 Å². The van der Waals surface area contributed by atoms with Crippen molar-refractivity contribution < 1.29 is 121 Å². The van der Waals surface area contributed by atoms with E-state index < -0.39 is 172 Å². The van der Waals surface area contributed by atoms with E-state index in [-0.39, 0.29) is 23.7 Å². The Morgan fingerprint density at radius 2 is 0.988 bits per heavy atom. The number of rotatable bonds is 20. The molecule has 23 nitrogen and oxygen atoms in total. The molecule has 2 saturated heterocycles. The fourth-order valence-corrected chi connectivity index (χ4v) is 10.9. The minimum Gasteiger partial charge on any atom is -0.462 e. The van der Waals surface area contributed by atoms with Crippen molar-refractivity contribution in [3.63, 3.8) is 0 Å². The predicted octanol–water partition coefficient (Wildman–Crippen LogP) is 6.23. The molecule has 7 rings (SSSR count). The minimum absolute atomic E-state index is 0.137. The van der Waals surface area contributed by atoms with Crippen molar-refractivity contribution in [2.75, 3.05) is 13.2 Å². The summed E-state index contributed by atoms with van der Waals surface area (Å²) in [6.07, 6.45) is -5.96. The highest BCUT2D eigenvalue weighted by atomic mass is 31.2. The van der Waals surface area contributed by atoms with Gasteiger partial charge in [-0.25, -0.2) is 31.1 Å². The van der Waals surface area contributed by atoms with Crippen molar-refractivity contribution in [2.45, 2.75) is 141 Å². The summed E-state index contributed by atoms with van der Waals surface area (Å²) in [6.45, 7) is 9.93. The van der Waals surface area contributed by atoms with Crippen molar-refractivity contribution in [3.8, 4) is 17.2 Å². The third-order valence-corrected chi connectivity index (χ3v) is 15.3. The van der Waals surface area contributed by atoms with Gasteiger partial charge in [0, 0.05) is 12.4 Å². The Kier molecular flexibility index (Phi) is 23.2. The largest absolute Gasteiger partial charge is 0.513 e. The average Bonchev–Trinajstić information content (AvgIpc) is 1.93. The topological polar surface area (TPSA) is 302 Å². The molecule has 2 fully saturated rings. The first-order valence-corrected chi connectivity index (χ1v) is 28.4. The van der Waals surface area contributed by atoms with Crippen molar-refractivity contribution in [1.82, 2.24) is 20.0 Å². The molecule has 3 aromatic carbocycles. The van der Waals surface area contributed by atoms with Crippen LogP contribution in [0.5, 0.6) is 17.2 Å². The Hall–Kier alpha value is -6.59. The summed E-state index contributed by atoms with van der Waals surface area (Å²) in [6, 6.07) is 12.5. The molecule has 0 spiro atoms. The van der Waals surface area contributed by atoms with Crippen LogP contribution in [0.15, 0.2) is 85.2 Å². The van der Waals surface area contributed by atoms with E-state index in [1.54, 1.807) is 38.1 Å². The third kappa shape index (κ3) is 17.1. The van der Waals surface area contributed by atoms with Gasteiger partial charge in [0.25, 0.3) is 0 Å². The zero-order valence-electron chi connectivity index (χ0n) is 46.0. The minimum atomic E-state index is -4.91. The number of allylic oxidation sites excluding steroid dienone is 2. The highest BCUT2D eigenvalue weighted by molar-refractivity contribution is 7.52. The lowest BCUT2D eigenvalue weighted by Gasteiger charge is -2.32. The lowest BCUT2D eigenvalue weighted by Crippen LogP contribution is -2.51. The first-order chi connectivity index (χ1) is 39.1. The molecule has 12 atom stereocenters. The molecule has 0 saturated carbocycles. The van der Waals surface area contributed by atoms with Gasteiger partial charge in [0.2, 0.25) is 46.6 Å². The second kappa shape index (κ2) is 28.5. The van der Waals surface area contributed by atoms with Gasteiger partial charge in [0.05, 0.1) is 38.3 Å². The van der Waals surface area contributed by atoms with E-state index in [2.05, 4.69) is 14.7 Å². The predicted molar refractivity (Wildman–Crippen MR) is 276 cm³/mol. The Bertz CT molecular complexity index is 3010. The van der Waals surface area contributed by atoms with E-state index in [9.17, 15) is 74.5 Å². The molecule has 0 unspecified atom stereocenters. The first kappa shape index (κ1) is 68.2. The maximum atomic E-state index is 15.5. The fourth-order valence-electron chi connectivity index (χ4n) is 7.83. The molecule has 4 aliphatic heterocycles. The van der Waals surface area contributed by atoms with Gasteiger partial charge in [-0.05, 0) is 91.8 Å². The molecular weight excluding hydrogens is 1180 g/mol. The van der Waals surface area contributed by atoms with Gasteiger partial charge in [-0.1, -0.05) is 36.4 Å². The Labute approximate surface area is 476 Å². The molecule has 4 heterocycles. The zero-order valence-corrected chi connectivity index (χ0v) is 47.8. The van der Waals surface area contributed by atoms with E-state index in [4.69, 9.17) is 37.6 Å². The van der Waals surface area contributed by atoms with E-state index >= 15 is 4.39 Å². The van der Waals surface area contributed by atoms with Gasteiger partial charge in [0.15, 0.2) is 35.4 Å². The van der Waals surface area contributed by atoms with Gasteiger partial charge in [-0.3, -0.25) is 43.1 Å². The van der Waals surface area contributed by atoms with Gasteiger partial charge >= 0.3 is 27.4 Å². The average molecular weight is 1240 g/mol. The number of hydrogen-bond acceptors (Lipinski definition) is 19. The molecule has 462 valence electrons. The van der Waals surface area contributed by atoms with Crippen LogP contribution in [-0.4, -0.2) is 146 Å². The van der Waals surface area contributed by atoms with Gasteiger partial charge in [-0.2, -0.15) is 19.0 Å². The Morgan fingerprint density at radius 3 is 1.37 bits per heavy atom. The van der Waals surface area contributed by atoms with E-state index in [0.717, 1.165) is 48.2 Å². The highest BCUT2D eigenvalue weighted by Gasteiger charge is 2.59. The van der Waals surface area contributed by atoms with Crippen molar-refractivity contribution in [3.05, 3.63) is 114 Å². The number of ketones is 2. The molecule has 0 aromatic heterocycles. The number of carbonyl (C=O) groups excluding carboxylic acids is 6. The molecule has 3 aromatic rings. The van der Waals surface area contributed by atoms with Crippen LogP contribution in [0.1, 0.15) is 68.2 Å². The van der Waals surface area contributed by atoms with Crippen LogP contribution in [0.2, 0.25) is 0 Å². The maximum absolute atomic E-state index is 15.5. The fraction of sp³-hybridized carbons (Fsp3) is 0.462. The number of halogens is 7. The molecule has 2 amide bonds. The highest BCUT2D eigenvalue weighted by Crippen LogP contribution is 2.49. The van der Waals surface area contributed by atoms with Crippen LogP contribution in [0.25, 0.3) is 0 Å². The van der Waals surface area contributed by atoms with Crippen LogP contribution in [0.3, 0.4) is 0 Å². The Balaban J connectivity index is 0.000000243. The standard InChI is InChI=1S/C23H30FN2O9P.C18H17F5NO5P.C11H14FNO5/c1-14(2)33-21(30)15(3)25-36(31,35-17-8-6-5-7-9-17)32-13-18-20(29)23(4,24)22(34-18)26-11-10-16(27)12-19(26)28;1-9(2)27-18(25)10(3)24-30(26,28-11-7-5-4-6-8-11)29-17-15(22)13(20)12(19)14(21)16(17)23;1-11(12)9(17)7(5-14)18-10(11)13-3-2-6(15)4-8(13)16/h5-11,14-15,18,20,22,29H,12-13H2,1-4H3,(H,25,31);4-10H,1-3H3,(H,24,26);2-3,7,9-10,14,17H,4-5H2,1H3/t15-,18+,20+,22+,23+,36-;10-,30-;7-,9-,10-,11-/m001/s1. The number of ether oxygens (including phenoxy) is 4. The van der Waals surface area contributed by atoms with E-state index in [1.165, 1.54) is 64.1 Å². The molecule has 0 radical (unpaired) electrons. The Morgan fingerprint density at radius 1 is 0.619 bits per heavy atom. The number of hydrogen-bond donors (Lipinski definition) is 5. The quantitative estimate of drug-likeness (QED) is 0.0209. The van der Waals surface area contributed by atoms with Crippen molar-refractivity contribution >= 4 is 50.8 Å². The van der Waals surface area contributed by atoms with Crippen LogP contribution in [0, 0.1) is 29.1 Å². The summed E-state index contributed by atoms with van der Waals surface area (Å²) in [5.41, 5.74) is -4.66. The third-order valence-electron chi connectivity index (χ3n) is 12.0. The second-order valence-corrected chi connectivity index (χ2v) is 23.0. The molecule has 0 aliphatic carbocycles. The SMILES string of the molecule is CC(C)OC(=O)[C@H](C)N[P@](=O)(OC[C@H]1O[C@@H](N2C=CC(=O)CC2=O)[C@](C)(F)[C@@H]1O)Oc1ccccc1.CC(C)OC(=O)[C@H](C)N[P@](=O)(Oc1ccccc1)Oc1c(F)c(F)c(F)c(F)c1F.C[C@@]1(F)[C@H](O)[C@@H](CO)O[C@H]1N1C=CC(=O)CC1=O. The number of carbonyl (C=O) groups is 6. The van der Waals surface area contributed by atoms with Crippen LogP contribution in [0.4, 0.5) is 30.7 Å². The number of aliphatic hydroxyl groups excluding tert-OH is 3. The second-order valence-electron chi connectivity index (χ2n) is 19.7. The monoisotopic (exact) mass is 1240 g/mol. The number of para-hydroxylation sites is 2.